The molecular formula is C23H24N4O3S. The molecule has 0 spiro atoms. The van der Waals surface area contributed by atoms with Crippen molar-refractivity contribution in [2.75, 3.05) is 12.4 Å². The number of fused-ring (bicyclic) bond motifs is 1. The molecule has 0 saturated carbocycles. The molecule has 0 aliphatic heterocycles. The SMILES string of the molecule is CCn1cnc2cc(NC(=O)OCc3sc(-c4ccc(C)cc4OC)nc3C)ccc21. The normalized spacial score (nSPS) is 11.0. The molecule has 2 heterocycles. The molecule has 0 atom stereocenters. The van der Waals surface area contributed by atoms with Crippen LogP contribution in [-0.4, -0.2) is 27.7 Å². The van der Waals surface area contributed by atoms with Gasteiger partial charge in [-0.3, -0.25) is 5.32 Å². The highest BCUT2D eigenvalue weighted by atomic mass is 32.1. The molecule has 1 amide bonds. The molecule has 0 aliphatic rings. The maximum Gasteiger partial charge on any atom is 0.411 e. The number of aryl methyl sites for hydroxylation is 3. The van der Waals surface area contributed by atoms with Crippen molar-refractivity contribution in [3.8, 4) is 16.3 Å². The average molecular weight is 437 g/mol. The van der Waals surface area contributed by atoms with Gasteiger partial charge in [0, 0.05) is 12.2 Å². The molecule has 0 unspecified atom stereocenters. The first-order chi connectivity index (χ1) is 15.0. The van der Waals surface area contributed by atoms with Crippen LogP contribution in [0.15, 0.2) is 42.7 Å². The molecule has 0 bridgehead atoms. The van der Waals surface area contributed by atoms with E-state index < -0.39 is 6.09 Å². The van der Waals surface area contributed by atoms with Gasteiger partial charge in [-0.25, -0.2) is 14.8 Å². The van der Waals surface area contributed by atoms with Crippen molar-refractivity contribution in [1.82, 2.24) is 14.5 Å². The molecule has 4 aromatic rings. The number of rotatable bonds is 6. The summed E-state index contributed by atoms with van der Waals surface area (Å²) in [6.07, 6.45) is 1.27. The van der Waals surface area contributed by atoms with Crippen molar-refractivity contribution in [2.45, 2.75) is 33.9 Å². The van der Waals surface area contributed by atoms with Crippen LogP contribution >= 0.6 is 11.3 Å². The van der Waals surface area contributed by atoms with E-state index in [1.807, 2.05) is 54.8 Å². The zero-order chi connectivity index (χ0) is 22.0. The predicted octanol–water partition coefficient (Wildman–Crippen LogP) is 5.55. The van der Waals surface area contributed by atoms with Gasteiger partial charge in [0.2, 0.25) is 0 Å². The van der Waals surface area contributed by atoms with Crippen molar-refractivity contribution < 1.29 is 14.3 Å². The maximum atomic E-state index is 12.3. The Morgan fingerprint density at radius 3 is 2.81 bits per heavy atom. The molecule has 0 radical (unpaired) electrons. The number of methoxy groups -OCH3 is 1. The van der Waals surface area contributed by atoms with Crippen LogP contribution < -0.4 is 10.1 Å². The Balaban J connectivity index is 1.43. The van der Waals surface area contributed by atoms with Crippen molar-refractivity contribution in [3.05, 3.63) is 58.9 Å². The Bertz CT molecular complexity index is 1250. The number of imidazole rings is 1. The lowest BCUT2D eigenvalue weighted by atomic mass is 10.1. The Morgan fingerprint density at radius 2 is 2.03 bits per heavy atom. The van der Waals surface area contributed by atoms with E-state index in [9.17, 15) is 4.79 Å². The van der Waals surface area contributed by atoms with E-state index in [0.717, 1.165) is 50.0 Å². The molecular weight excluding hydrogens is 412 g/mol. The quantitative estimate of drug-likeness (QED) is 0.428. The van der Waals surface area contributed by atoms with Crippen LogP contribution in [0.2, 0.25) is 0 Å². The van der Waals surface area contributed by atoms with E-state index in [1.54, 1.807) is 13.4 Å². The van der Waals surface area contributed by atoms with Gasteiger partial charge in [-0.1, -0.05) is 6.07 Å². The number of amides is 1. The zero-order valence-corrected chi connectivity index (χ0v) is 18.7. The number of ether oxygens (including phenoxy) is 2. The third-order valence-corrected chi connectivity index (χ3v) is 6.19. The highest BCUT2D eigenvalue weighted by molar-refractivity contribution is 7.15. The topological polar surface area (TPSA) is 78.3 Å². The number of nitrogens with one attached hydrogen (secondary N) is 1. The number of carbonyl (C=O) groups excluding carboxylic acids is 1. The van der Waals surface area contributed by atoms with Gasteiger partial charge in [-0.15, -0.1) is 11.3 Å². The van der Waals surface area contributed by atoms with Gasteiger partial charge < -0.3 is 14.0 Å². The fraction of sp³-hybridized carbons (Fsp3) is 0.261. The zero-order valence-electron chi connectivity index (χ0n) is 17.9. The van der Waals surface area contributed by atoms with Gasteiger partial charge >= 0.3 is 6.09 Å². The van der Waals surface area contributed by atoms with Gasteiger partial charge in [-0.05, 0) is 56.7 Å². The van der Waals surface area contributed by atoms with E-state index >= 15 is 0 Å². The first-order valence-corrected chi connectivity index (χ1v) is 10.8. The van der Waals surface area contributed by atoms with Crippen LogP contribution in [0, 0.1) is 13.8 Å². The summed E-state index contributed by atoms with van der Waals surface area (Å²) in [4.78, 5) is 22.2. The lowest BCUT2D eigenvalue weighted by Crippen LogP contribution is -2.13. The van der Waals surface area contributed by atoms with Crippen LogP contribution in [-0.2, 0) is 17.9 Å². The second-order valence-electron chi connectivity index (χ2n) is 7.17. The summed E-state index contributed by atoms with van der Waals surface area (Å²) in [5, 5.41) is 3.61. The Kier molecular flexibility index (Phi) is 5.90. The summed E-state index contributed by atoms with van der Waals surface area (Å²) in [6.45, 7) is 6.98. The molecule has 2 aromatic carbocycles. The molecule has 31 heavy (non-hydrogen) atoms. The number of carbonyl (C=O) groups is 1. The molecule has 4 rings (SSSR count). The fourth-order valence-electron chi connectivity index (χ4n) is 3.33. The van der Waals surface area contributed by atoms with Gasteiger partial charge in [0.05, 0.1) is 40.6 Å². The van der Waals surface area contributed by atoms with Gasteiger partial charge in [0.1, 0.15) is 17.4 Å². The minimum atomic E-state index is -0.517. The van der Waals surface area contributed by atoms with Crippen molar-refractivity contribution >= 4 is 34.2 Å². The summed E-state index contributed by atoms with van der Waals surface area (Å²) in [6, 6.07) is 11.6. The first kappa shape index (κ1) is 20.9. The lowest BCUT2D eigenvalue weighted by molar-refractivity contribution is 0.156. The maximum absolute atomic E-state index is 12.3. The summed E-state index contributed by atoms with van der Waals surface area (Å²) in [5.74, 6) is 0.778. The second-order valence-corrected chi connectivity index (χ2v) is 8.25. The lowest BCUT2D eigenvalue weighted by Gasteiger charge is -2.07. The molecule has 1 N–H and O–H groups in total. The van der Waals surface area contributed by atoms with E-state index in [0.29, 0.717) is 5.69 Å². The van der Waals surface area contributed by atoms with E-state index in [4.69, 9.17) is 9.47 Å². The highest BCUT2D eigenvalue weighted by Crippen LogP contribution is 2.35. The summed E-state index contributed by atoms with van der Waals surface area (Å²) < 4.78 is 13.0. The van der Waals surface area contributed by atoms with Crippen LogP contribution in [0.4, 0.5) is 10.5 Å². The third kappa shape index (κ3) is 4.39. The molecule has 160 valence electrons. The van der Waals surface area contributed by atoms with E-state index in [2.05, 4.69) is 22.2 Å². The van der Waals surface area contributed by atoms with Crippen molar-refractivity contribution in [2.24, 2.45) is 0 Å². The Hall–Kier alpha value is -3.39. The van der Waals surface area contributed by atoms with Gasteiger partial charge in [-0.2, -0.15) is 0 Å². The summed E-state index contributed by atoms with van der Waals surface area (Å²) in [5.41, 5.74) is 5.38. The minimum Gasteiger partial charge on any atom is -0.496 e. The van der Waals surface area contributed by atoms with Crippen LogP contribution in [0.5, 0.6) is 5.75 Å². The van der Waals surface area contributed by atoms with Crippen molar-refractivity contribution in [3.63, 3.8) is 0 Å². The summed E-state index contributed by atoms with van der Waals surface area (Å²) >= 11 is 1.49. The Morgan fingerprint density at radius 1 is 1.19 bits per heavy atom. The number of hydrogen-bond donors (Lipinski definition) is 1. The fourth-order valence-corrected chi connectivity index (χ4v) is 4.34. The van der Waals surface area contributed by atoms with Gasteiger partial charge in [0.15, 0.2) is 0 Å². The van der Waals surface area contributed by atoms with E-state index in [-0.39, 0.29) is 6.61 Å². The van der Waals surface area contributed by atoms with Crippen molar-refractivity contribution in [1.29, 1.82) is 0 Å². The molecule has 7 nitrogen and oxygen atoms in total. The average Bonchev–Trinajstić information content (AvgIpc) is 3.34. The number of thiazole rings is 1. The Labute approximate surface area is 184 Å². The van der Waals surface area contributed by atoms with Crippen LogP contribution in [0.3, 0.4) is 0 Å². The molecule has 0 aliphatic carbocycles. The van der Waals surface area contributed by atoms with Crippen LogP contribution in [0.25, 0.3) is 21.6 Å². The number of aromatic nitrogens is 3. The number of hydrogen-bond acceptors (Lipinski definition) is 6. The predicted molar refractivity (Wildman–Crippen MR) is 123 cm³/mol. The molecule has 0 fully saturated rings. The second kappa shape index (κ2) is 8.77. The number of anilines is 1. The molecule has 0 saturated heterocycles. The monoisotopic (exact) mass is 436 g/mol. The van der Waals surface area contributed by atoms with E-state index in [1.165, 1.54) is 11.3 Å². The highest BCUT2D eigenvalue weighted by Gasteiger charge is 2.15. The summed E-state index contributed by atoms with van der Waals surface area (Å²) in [7, 11) is 1.65. The third-order valence-electron chi connectivity index (χ3n) is 5.02. The smallest absolute Gasteiger partial charge is 0.411 e. The molecule has 8 heteroatoms. The first-order valence-electron chi connectivity index (χ1n) is 9.98. The van der Waals surface area contributed by atoms with Gasteiger partial charge in [0.25, 0.3) is 0 Å². The molecule has 2 aromatic heterocycles. The number of nitrogens with zero attached hydrogens (tertiary/aromatic N) is 3. The largest absolute Gasteiger partial charge is 0.496 e. The number of benzene rings is 2. The van der Waals surface area contributed by atoms with Crippen LogP contribution in [0.1, 0.15) is 23.1 Å². The standard InChI is InChI=1S/C23H24N4O3S/c1-5-27-13-24-18-11-16(7-9-19(18)27)26-23(28)30-12-21-15(3)25-22(31-21)17-8-6-14(2)10-20(17)29-4/h6-11,13H,5,12H2,1-4H3,(H,26,28). The minimum absolute atomic E-state index is 0.149.